The second kappa shape index (κ2) is 10.4. The molecule has 0 saturated carbocycles. The molecule has 37 heavy (non-hydrogen) atoms. The summed E-state index contributed by atoms with van der Waals surface area (Å²) in [6.45, 7) is 3.68. The van der Waals surface area contributed by atoms with Gasteiger partial charge >= 0.3 is 5.97 Å². The van der Waals surface area contributed by atoms with Crippen molar-refractivity contribution >= 4 is 32.6 Å². The Morgan fingerprint density at radius 1 is 1.00 bits per heavy atom. The summed E-state index contributed by atoms with van der Waals surface area (Å²) >= 11 is 0. The fraction of sp³-hybridized carbons (Fsp3) is 0.231. The molecule has 0 aliphatic rings. The van der Waals surface area contributed by atoms with Gasteiger partial charge in [-0.2, -0.15) is 0 Å². The van der Waals surface area contributed by atoms with Crippen molar-refractivity contribution in [1.29, 1.82) is 0 Å². The Kier molecular flexibility index (Phi) is 7.25. The molecule has 0 fully saturated rings. The van der Waals surface area contributed by atoms with E-state index >= 15 is 0 Å². The van der Waals surface area contributed by atoms with Gasteiger partial charge in [0.2, 0.25) is 10.0 Å². The zero-order valence-electron chi connectivity index (χ0n) is 20.5. The Hall–Kier alpha value is -4.25. The fourth-order valence-corrected chi connectivity index (χ4v) is 5.09. The first-order chi connectivity index (χ1) is 17.5. The normalized spacial score (nSPS) is 12.3. The molecular weight excluding hydrogens is 496 g/mol. The largest absolute Gasteiger partial charge is 0.480 e. The summed E-state index contributed by atoms with van der Waals surface area (Å²) < 4.78 is 33.1. The van der Waals surface area contributed by atoms with E-state index in [1.54, 1.807) is 30.3 Å². The number of nitrogens with zero attached hydrogens (tertiary/aromatic N) is 4. The molecule has 11 heteroatoms. The number of carboxylic acid groups (broad SMARTS) is 1. The van der Waals surface area contributed by atoms with Crippen LogP contribution in [-0.4, -0.2) is 46.8 Å². The van der Waals surface area contributed by atoms with Gasteiger partial charge in [-0.15, -0.1) is 5.10 Å². The quantitative estimate of drug-likeness (QED) is 0.353. The van der Waals surface area contributed by atoms with E-state index in [0.717, 1.165) is 26.4 Å². The van der Waals surface area contributed by atoms with Crippen molar-refractivity contribution in [3.8, 4) is 11.5 Å². The number of fused-ring (bicyclic) bond motifs is 1. The molecule has 1 atom stereocenters. The molecule has 0 aliphatic carbocycles. The lowest BCUT2D eigenvalue weighted by Crippen LogP contribution is -2.46. The van der Waals surface area contributed by atoms with Crippen LogP contribution >= 0.6 is 0 Å². The Labute approximate surface area is 213 Å². The number of aromatic nitrogens is 3. The van der Waals surface area contributed by atoms with Gasteiger partial charge < -0.3 is 9.84 Å². The van der Waals surface area contributed by atoms with Crippen molar-refractivity contribution in [2.24, 2.45) is 0 Å². The van der Waals surface area contributed by atoms with Crippen molar-refractivity contribution in [2.45, 2.75) is 32.9 Å². The van der Waals surface area contributed by atoms with Gasteiger partial charge in [0.05, 0.1) is 17.3 Å². The van der Waals surface area contributed by atoms with E-state index in [4.69, 9.17) is 4.74 Å². The van der Waals surface area contributed by atoms with Crippen molar-refractivity contribution < 1.29 is 23.1 Å². The van der Waals surface area contributed by atoms with Gasteiger partial charge in [-0.1, -0.05) is 29.0 Å². The maximum absolute atomic E-state index is 12.8. The van der Waals surface area contributed by atoms with Crippen LogP contribution in [0.4, 0.5) is 5.69 Å². The second-order valence-electron chi connectivity index (χ2n) is 8.75. The number of sulfonamides is 1. The molecule has 3 aromatic carbocycles. The second-order valence-corrected chi connectivity index (χ2v) is 10.6. The highest BCUT2D eigenvalue weighted by molar-refractivity contribution is 7.92. The molecule has 4 rings (SSSR count). The highest BCUT2D eigenvalue weighted by atomic mass is 32.2. The Balaban J connectivity index is 1.59. The van der Waals surface area contributed by atoms with Crippen molar-refractivity contribution in [3.63, 3.8) is 0 Å². The molecule has 10 nitrogen and oxygen atoms in total. The number of aliphatic carboxylic acids is 1. The first kappa shape index (κ1) is 25.8. The van der Waals surface area contributed by atoms with Gasteiger partial charge in [-0.05, 0) is 74.4 Å². The highest BCUT2D eigenvalue weighted by Gasteiger charge is 2.33. The molecule has 1 heterocycles. The average Bonchev–Trinajstić information content (AvgIpc) is 2.84. The summed E-state index contributed by atoms with van der Waals surface area (Å²) in [6.07, 6.45) is 0.722. The minimum absolute atomic E-state index is 0.146. The monoisotopic (exact) mass is 522 g/mol. The van der Waals surface area contributed by atoms with Crippen LogP contribution in [0, 0.1) is 13.8 Å². The lowest BCUT2D eigenvalue weighted by molar-refractivity contribution is -0.138. The van der Waals surface area contributed by atoms with E-state index in [1.165, 1.54) is 12.1 Å². The minimum atomic E-state index is -4.00. The van der Waals surface area contributed by atoms with Gasteiger partial charge in [-0.3, -0.25) is 9.10 Å². The van der Waals surface area contributed by atoms with E-state index < -0.39 is 27.6 Å². The van der Waals surface area contributed by atoms with E-state index in [2.05, 4.69) is 10.3 Å². The predicted octanol–water partition coefficient (Wildman–Crippen LogP) is 3.51. The summed E-state index contributed by atoms with van der Waals surface area (Å²) in [6, 6.07) is 17.2. The molecule has 0 radical (unpaired) electrons. The lowest BCUT2D eigenvalue weighted by Gasteiger charge is -2.29. The number of carbonyl (C=O) groups is 1. The first-order valence-electron chi connectivity index (χ1n) is 11.4. The summed E-state index contributed by atoms with van der Waals surface area (Å²) in [4.78, 5) is 25.0. The Morgan fingerprint density at radius 3 is 2.19 bits per heavy atom. The number of anilines is 1. The molecule has 0 spiro atoms. The fourth-order valence-electron chi connectivity index (χ4n) is 3.93. The number of ether oxygens (including phenoxy) is 1. The smallest absolute Gasteiger partial charge is 0.327 e. The zero-order valence-corrected chi connectivity index (χ0v) is 21.3. The van der Waals surface area contributed by atoms with Crippen LogP contribution < -0.4 is 14.6 Å². The SMILES string of the molecule is Cc1ccc(Oc2ccc(N(C(CCn3nnc4cc(C)ccc4c3=O)C(=O)O)S(C)(=O)=O)cc2)cc1. The lowest BCUT2D eigenvalue weighted by atomic mass is 10.1. The molecule has 4 aromatic rings. The number of rotatable bonds is 9. The molecule has 0 aliphatic heterocycles. The van der Waals surface area contributed by atoms with E-state index in [9.17, 15) is 23.1 Å². The van der Waals surface area contributed by atoms with Crippen LogP contribution in [0.1, 0.15) is 17.5 Å². The van der Waals surface area contributed by atoms with Gasteiger partial charge in [0, 0.05) is 6.54 Å². The van der Waals surface area contributed by atoms with Crippen molar-refractivity contribution in [2.75, 3.05) is 10.6 Å². The number of hydrogen-bond acceptors (Lipinski definition) is 7. The third kappa shape index (κ3) is 5.95. The Morgan fingerprint density at radius 2 is 1.59 bits per heavy atom. The average molecular weight is 523 g/mol. The van der Waals surface area contributed by atoms with E-state index in [0.29, 0.717) is 22.4 Å². The van der Waals surface area contributed by atoms with E-state index in [-0.39, 0.29) is 18.7 Å². The Bertz CT molecular complexity index is 1600. The standard InChI is InChI=1S/C26H26N4O6S/c1-17-4-9-20(10-5-17)36-21-11-7-19(8-12-21)30(37(3,34)35)24(26(32)33)14-15-29-25(31)22-13-6-18(2)16-23(22)27-28-29/h4-13,16,24H,14-15H2,1-3H3,(H,32,33). The predicted molar refractivity (Wildman–Crippen MR) is 140 cm³/mol. The molecule has 0 bridgehead atoms. The third-order valence-corrected chi connectivity index (χ3v) is 6.95. The number of benzene rings is 3. The number of carboxylic acids is 1. The van der Waals surface area contributed by atoms with Crippen LogP contribution in [-0.2, 0) is 21.4 Å². The summed E-state index contributed by atoms with van der Waals surface area (Å²) in [5.41, 5.74) is 2.15. The molecule has 0 amide bonds. The van der Waals surface area contributed by atoms with Crippen molar-refractivity contribution in [1.82, 2.24) is 15.0 Å². The number of aryl methyl sites for hydroxylation is 3. The van der Waals surface area contributed by atoms with Crippen LogP contribution in [0.25, 0.3) is 10.9 Å². The topological polar surface area (TPSA) is 132 Å². The molecule has 0 saturated heterocycles. The third-order valence-electron chi connectivity index (χ3n) is 5.77. The molecular formula is C26H26N4O6S. The molecule has 1 N–H and O–H groups in total. The van der Waals surface area contributed by atoms with Crippen LogP contribution in [0.2, 0.25) is 0 Å². The molecule has 1 aromatic heterocycles. The summed E-state index contributed by atoms with van der Waals surface area (Å²) in [7, 11) is -4.00. The zero-order chi connectivity index (χ0) is 26.7. The number of hydrogen-bond donors (Lipinski definition) is 1. The maximum atomic E-state index is 12.8. The highest BCUT2D eigenvalue weighted by Crippen LogP contribution is 2.28. The van der Waals surface area contributed by atoms with Crippen molar-refractivity contribution in [3.05, 3.63) is 88.2 Å². The van der Waals surface area contributed by atoms with Gasteiger partial charge in [0.25, 0.3) is 5.56 Å². The molecule has 1 unspecified atom stereocenters. The van der Waals surface area contributed by atoms with Gasteiger partial charge in [0.1, 0.15) is 23.1 Å². The van der Waals surface area contributed by atoms with Crippen LogP contribution in [0.3, 0.4) is 0 Å². The summed E-state index contributed by atoms with van der Waals surface area (Å²) in [5.74, 6) is -0.289. The maximum Gasteiger partial charge on any atom is 0.327 e. The minimum Gasteiger partial charge on any atom is -0.480 e. The van der Waals surface area contributed by atoms with E-state index in [1.807, 2.05) is 38.1 Å². The first-order valence-corrected chi connectivity index (χ1v) is 13.3. The molecule has 192 valence electrons. The van der Waals surface area contributed by atoms with Gasteiger partial charge in [0.15, 0.2) is 0 Å². The van der Waals surface area contributed by atoms with Gasteiger partial charge in [-0.25, -0.2) is 17.9 Å². The van der Waals surface area contributed by atoms with Crippen LogP contribution in [0.15, 0.2) is 71.5 Å². The van der Waals surface area contributed by atoms with Crippen LogP contribution in [0.5, 0.6) is 11.5 Å². The summed E-state index contributed by atoms with van der Waals surface area (Å²) in [5, 5.41) is 18.2.